The average molecular weight is 956 g/mol. The molecule has 0 spiro atoms. The Morgan fingerprint density at radius 3 is 1.65 bits per heavy atom. The summed E-state index contributed by atoms with van der Waals surface area (Å²) in [6.07, 6.45) is 6.41. The lowest BCUT2D eigenvalue weighted by molar-refractivity contribution is -0.566. The van der Waals surface area contributed by atoms with Crippen molar-refractivity contribution < 1.29 is 35.4 Å². The zero-order valence-corrected chi connectivity index (χ0v) is 39.1. The first-order valence-electron chi connectivity index (χ1n) is 28.5. The Morgan fingerprint density at radius 2 is 0.972 bits per heavy atom. The largest absolute Gasteiger partial charge is 1.00 e. The second kappa shape index (κ2) is 17.7. The van der Waals surface area contributed by atoms with Gasteiger partial charge in [0.25, 0.3) is 6.33 Å². The number of nitrogens with zero attached hydrogens (tertiary/aromatic N) is 4. The third-order valence-corrected chi connectivity index (χ3v) is 13.6. The van der Waals surface area contributed by atoms with E-state index in [1.54, 1.807) is 29.1 Å². The number of imidazole rings is 1. The van der Waals surface area contributed by atoms with Crippen LogP contribution >= 0.6 is 0 Å². The lowest BCUT2D eigenvalue weighted by Crippen LogP contribution is -3.00. The monoisotopic (exact) mass is 954 g/mol. The lowest BCUT2D eigenvalue weighted by atomic mass is 9.79. The molecule has 0 saturated heterocycles. The van der Waals surface area contributed by atoms with E-state index in [9.17, 15) is 0 Å². The summed E-state index contributed by atoms with van der Waals surface area (Å²) in [5, 5.41) is 4.45. The Hall–Kier alpha value is -9.16. The predicted molar refractivity (Wildman–Crippen MR) is 292 cm³/mol. The number of benzene rings is 10. The molecule has 2 aliphatic rings. The predicted octanol–water partition coefficient (Wildman–Crippen LogP) is 12.9. The molecule has 0 atom stereocenters. The van der Waals surface area contributed by atoms with E-state index in [1.807, 2.05) is 59.2 Å². The summed E-state index contributed by atoms with van der Waals surface area (Å²) >= 11 is 0. The van der Waals surface area contributed by atoms with Crippen LogP contribution in [0.4, 0.5) is 0 Å². The third-order valence-electron chi connectivity index (χ3n) is 13.6. The number of allylic oxidation sites excluding steroid dienone is 2. The highest BCUT2D eigenvalue weighted by molar-refractivity contribution is 6.14. The van der Waals surface area contributed by atoms with Gasteiger partial charge in [0, 0.05) is 45.8 Å². The van der Waals surface area contributed by atoms with Crippen LogP contribution in [0.25, 0.3) is 99.9 Å². The van der Waals surface area contributed by atoms with Crippen LogP contribution < -0.4 is 26.7 Å². The minimum atomic E-state index is -0.559. The van der Waals surface area contributed by atoms with Crippen molar-refractivity contribution in [3.63, 3.8) is 0 Å². The number of rotatable bonds is 7. The standard InChI is InChI=1S/C66H45N4O.ClH/c1-3-19-45(20-4-1)50-32-18-33-51(46-21-5-2-6-22-46)66(50)69-44-68(63-35-15-16-36-64(63)69)47-23-17-24-48(41-47)71-49-37-38-60-59-31-13-14-34-62(59)70(65(60)42-49)67-40-39-58-56-29-10-9-27-54(56)52-25-7-8-26-53(52)55-28-11-12-30-57(55)61(58)43-67;/h1-39,41-44H,40H2;1H/q+1;/p-1/i1D,2D,3D,4D,5D,6D,19D,20D,21D,22D;. The lowest BCUT2D eigenvalue weighted by Gasteiger charge is -2.32. The van der Waals surface area contributed by atoms with Gasteiger partial charge in [-0.3, -0.25) is 9.69 Å². The van der Waals surface area contributed by atoms with Gasteiger partial charge in [-0.2, -0.15) is 9.13 Å². The summed E-state index contributed by atoms with van der Waals surface area (Å²) in [6, 6.07) is 55.5. The number of hydrogen-bond acceptors (Lipinski definition) is 2. The van der Waals surface area contributed by atoms with E-state index < -0.39 is 60.4 Å². The van der Waals surface area contributed by atoms with Gasteiger partial charge >= 0.3 is 0 Å². The Bertz CT molecular complexity index is 4610. The highest BCUT2D eigenvalue weighted by atomic mass is 35.5. The SMILES string of the molecule is [2H]c1c([2H])c([2H])c(-c2cccc(-c3c([2H])c([2H])c([2H])c([2H])c3[2H])c2-[n+]2cn(-c3cccc(Oc4ccc5c6ccccc6n(N6C=C7C(=CC6)c6ccccc6-c6ccccc6-c6ccccc67)c5c4)c3)c3ccccc32)c([2H])c1[2H].[Cl-]. The quantitative estimate of drug-likeness (QED) is 0.149. The number of hydrogen-bond donors (Lipinski definition) is 0. The maximum absolute atomic E-state index is 9.09. The number of para-hydroxylation sites is 4. The van der Waals surface area contributed by atoms with Crippen molar-refractivity contribution in [2.24, 2.45) is 0 Å². The molecule has 2 aromatic heterocycles. The third kappa shape index (κ3) is 7.05. The molecule has 12 aromatic rings. The molecule has 342 valence electrons. The molecule has 3 heterocycles. The molecule has 0 bridgehead atoms. The number of fused-ring (bicyclic) bond motifs is 12. The van der Waals surface area contributed by atoms with Crippen LogP contribution in [-0.4, -0.2) is 15.8 Å². The van der Waals surface area contributed by atoms with E-state index in [4.69, 9.17) is 18.4 Å². The first-order chi connectivity index (χ1) is 39.4. The molecule has 1 aliphatic carbocycles. The van der Waals surface area contributed by atoms with E-state index in [1.165, 1.54) is 33.4 Å². The van der Waals surface area contributed by atoms with E-state index in [0.29, 0.717) is 34.8 Å². The molecule has 0 fully saturated rings. The average Bonchev–Trinajstić information content (AvgIpc) is 4.21. The van der Waals surface area contributed by atoms with Crippen molar-refractivity contribution in [3.8, 4) is 67.4 Å². The van der Waals surface area contributed by atoms with Crippen LogP contribution in [0.3, 0.4) is 0 Å². The van der Waals surface area contributed by atoms with Gasteiger partial charge in [-0.1, -0.05) is 194 Å². The topological polar surface area (TPSA) is 26.2 Å². The smallest absolute Gasteiger partial charge is 0.255 e. The number of halogens is 1. The molecule has 1 aliphatic heterocycles. The van der Waals surface area contributed by atoms with Gasteiger partial charge in [0.05, 0.1) is 31.3 Å². The summed E-state index contributed by atoms with van der Waals surface area (Å²) in [4.78, 5) is 0. The van der Waals surface area contributed by atoms with Gasteiger partial charge in [-0.05, 0) is 92.5 Å². The summed E-state index contributed by atoms with van der Waals surface area (Å²) in [6.45, 7) is 0.597. The Morgan fingerprint density at radius 1 is 0.444 bits per heavy atom. The normalized spacial score (nSPS) is 14.6. The first-order valence-corrected chi connectivity index (χ1v) is 23.5. The molecule has 14 rings (SSSR count). The molecule has 72 heavy (non-hydrogen) atoms. The maximum Gasteiger partial charge on any atom is 0.255 e. The highest BCUT2D eigenvalue weighted by Gasteiger charge is 2.28. The van der Waals surface area contributed by atoms with Crippen LogP contribution in [0.5, 0.6) is 11.5 Å². The molecule has 0 unspecified atom stereocenters. The van der Waals surface area contributed by atoms with Crippen molar-refractivity contribution in [1.82, 2.24) is 9.24 Å². The molecule has 0 amide bonds. The Balaban J connectivity index is 0.00000631. The molecule has 0 N–H and O–H groups in total. The molecule has 0 radical (unpaired) electrons. The van der Waals surface area contributed by atoms with Gasteiger partial charge in [0.2, 0.25) is 0 Å². The molecule has 5 nitrogen and oxygen atoms in total. The molecular formula is C66H45ClN4O. The number of ether oxygens (including phenoxy) is 1. The van der Waals surface area contributed by atoms with E-state index in [-0.39, 0.29) is 40.3 Å². The number of aromatic nitrogens is 3. The van der Waals surface area contributed by atoms with Crippen molar-refractivity contribution >= 4 is 44.0 Å². The highest BCUT2D eigenvalue weighted by Crippen LogP contribution is 2.48. The Kier molecular flexibility index (Phi) is 8.19. The van der Waals surface area contributed by atoms with Crippen molar-refractivity contribution in [2.75, 3.05) is 11.6 Å². The summed E-state index contributed by atoms with van der Waals surface area (Å²) in [5.41, 5.74) is 13.8. The van der Waals surface area contributed by atoms with Gasteiger partial charge in [0.1, 0.15) is 22.9 Å². The van der Waals surface area contributed by atoms with Gasteiger partial charge in [-0.25, -0.2) is 0 Å². The molecular weight excluding hydrogens is 900 g/mol. The van der Waals surface area contributed by atoms with Crippen LogP contribution in [0.2, 0.25) is 0 Å². The summed E-state index contributed by atoms with van der Waals surface area (Å²) in [5.74, 6) is 1.14. The molecule has 10 aromatic carbocycles. The summed E-state index contributed by atoms with van der Waals surface area (Å²) in [7, 11) is 0. The van der Waals surface area contributed by atoms with Crippen LogP contribution in [0.15, 0.2) is 261 Å². The minimum absolute atomic E-state index is 0. The second-order valence-electron chi connectivity index (χ2n) is 17.6. The first kappa shape index (κ1) is 33.4. The van der Waals surface area contributed by atoms with Crippen molar-refractivity contribution in [3.05, 3.63) is 272 Å². The van der Waals surface area contributed by atoms with Gasteiger partial charge in [0.15, 0.2) is 11.0 Å². The zero-order chi connectivity index (χ0) is 55.5. The fourth-order valence-corrected chi connectivity index (χ4v) is 10.6. The van der Waals surface area contributed by atoms with E-state index >= 15 is 0 Å². The Labute approximate surface area is 438 Å². The van der Waals surface area contributed by atoms with Crippen LogP contribution in [0, 0.1) is 0 Å². The van der Waals surface area contributed by atoms with E-state index in [0.717, 1.165) is 32.9 Å². The fraction of sp³-hybridized carbons (Fsp3) is 0.0152. The molecule has 0 saturated carbocycles. The minimum Gasteiger partial charge on any atom is -1.00 e. The maximum atomic E-state index is 9.09. The summed E-state index contributed by atoms with van der Waals surface area (Å²) < 4.78 is 100. The van der Waals surface area contributed by atoms with E-state index in [2.05, 4.69) is 131 Å². The zero-order valence-electron chi connectivity index (χ0n) is 48.3. The second-order valence-corrected chi connectivity index (χ2v) is 17.6. The van der Waals surface area contributed by atoms with Gasteiger partial charge in [-0.15, -0.1) is 0 Å². The van der Waals surface area contributed by atoms with Crippen molar-refractivity contribution in [2.45, 2.75) is 0 Å². The van der Waals surface area contributed by atoms with Gasteiger partial charge < -0.3 is 17.1 Å². The fourth-order valence-electron chi connectivity index (χ4n) is 10.6. The van der Waals surface area contributed by atoms with Crippen LogP contribution in [-0.2, 0) is 0 Å². The molecule has 6 heteroatoms. The van der Waals surface area contributed by atoms with Crippen molar-refractivity contribution in [1.29, 1.82) is 0 Å². The van der Waals surface area contributed by atoms with Crippen LogP contribution in [0.1, 0.15) is 24.8 Å².